The van der Waals surface area contributed by atoms with Crippen LogP contribution in [0.25, 0.3) is 0 Å². The van der Waals surface area contributed by atoms with Crippen LogP contribution in [0.1, 0.15) is 39.5 Å². The van der Waals surface area contributed by atoms with Gasteiger partial charge in [0.15, 0.2) is 0 Å². The Kier molecular flexibility index (Phi) is 6.75. The minimum Gasteiger partial charge on any atom is -0.381 e. The standard InChI is InChI=1S/C16H32N2O2/c1-3-17-13-16(7-10-19-11-8-16)14-18(4-2)12-15-6-5-9-20-15/h15,17H,3-14H2,1-2H3. The first-order valence-electron chi connectivity index (χ1n) is 8.40. The van der Waals surface area contributed by atoms with Gasteiger partial charge >= 0.3 is 0 Å². The highest BCUT2D eigenvalue weighted by molar-refractivity contribution is 4.88. The molecule has 0 aliphatic carbocycles. The molecule has 20 heavy (non-hydrogen) atoms. The Morgan fingerprint density at radius 3 is 2.60 bits per heavy atom. The van der Waals surface area contributed by atoms with E-state index in [1.165, 1.54) is 32.2 Å². The van der Waals surface area contributed by atoms with E-state index in [1.54, 1.807) is 0 Å². The summed E-state index contributed by atoms with van der Waals surface area (Å²) in [4.78, 5) is 2.60. The van der Waals surface area contributed by atoms with Crippen LogP contribution < -0.4 is 5.32 Å². The van der Waals surface area contributed by atoms with Gasteiger partial charge in [0.05, 0.1) is 6.10 Å². The Morgan fingerprint density at radius 1 is 1.20 bits per heavy atom. The number of nitrogens with zero attached hydrogens (tertiary/aromatic N) is 1. The predicted molar refractivity (Wildman–Crippen MR) is 82.1 cm³/mol. The minimum absolute atomic E-state index is 0.392. The van der Waals surface area contributed by atoms with Crippen LogP contribution in [-0.2, 0) is 9.47 Å². The van der Waals surface area contributed by atoms with Gasteiger partial charge in [0.25, 0.3) is 0 Å². The quantitative estimate of drug-likeness (QED) is 0.738. The van der Waals surface area contributed by atoms with Gasteiger partial charge in [0, 0.05) is 39.5 Å². The zero-order valence-corrected chi connectivity index (χ0v) is 13.3. The van der Waals surface area contributed by atoms with Crippen molar-refractivity contribution in [1.82, 2.24) is 10.2 Å². The maximum atomic E-state index is 5.81. The molecule has 1 atom stereocenters. The average Bonchev–Trinajstić information content (AvgIpc) is 2.98. The van der Waals surface area contributed by atoms with Gasteiger partial charge in [-0.15, -0.1) is 0 Å². The first-order valence-corrected chi connectivity index (χ1v) is 8.40. The third-order valence-corrected chi connectivity index (χ3v) is 4.80. The lowest BCUT2D eigenvalue weighted by atomic mass is 9.79. The smallest absolute Gasteiger partial charge is 0.0702 e. The molecule has 1 N–H and O–H groups in total. The van der Waals surface area contributed by atoms with E-state index in [0.717, 1.165) is 46.0 Å². The monoisotopic (exact) mass is 284 g/mol. The number of likely N-dealkylation sites (N-methyl/N-ethyl adjacent to an activating group) is 1. The Hall–Kier alpha value is -0.160. The van der Waals surface area contributed by atoms with Gasteiger partial charge in [-0.3, -0.25) is 0 Å². The Bertz CT molecular complexity index is 261. The lowest BCUT2D eigenvalue weighted by Gasteiger charge is -2.41. The van der Waals surface area contributed by atoms with Crippen molar-refractivity contribution in [3.63, 3.8) is 0 Å². The average molecular weight is 284 g/mol. The van der Waals surface area contributed by atoms with Crippen LogP contribution >= 0.6 is 0 Å². The van der Waals surface area contributed by atoms with Crippen LogP contribution in [0.5, 0.6) is 0 Å². The molecule has 0 bridgehead atoms. The number of ether oxygens (including phenoxy) is 2. The third-order valence-electron chi connectivity index (χ3n) is 4.80. The molecule has 0 radical (unpaired) electrons. The fraction of sp³-hybridized carbons (Fsp3) is 1.00. The highest BCUT2D eigenvalue weighted by Crippen LogP contribution is 2.31. The highest BCUT2D eigenvalue weighted by Gasteiger charge is 2.34. The Balaban J connectivity index is 1.89. The lowest BCUT2D eigenvalue weighted by molar-refractivity contribution is -0.0126. The Morgan fingerprint density at radius 2 is 2.00 bits per heavy atom. The van der Waals surface area contributed by atoms with Crippen LogP contribution in [0.2, 0.25) is 0 Å². The van der Waals surface area contributed by atoms with Crippen molar-refractivity contribution in [2.75, 3.05) is 52.5 Å². The van der Waals surface area contributed by atoms with Crippen molar-refractivity contribution in [2.45, 2.75) is 45.6 Å². The van der Waals surface area contributed by atoms with Crippen molar-refractivity contribution in [1.29, 1.82) is 0 Å². The molecule has 4 heteroatoms. The molecule has 2 heterocycles. The number of hydrogen-bond donors (Lipinski definition) is 1. The molecule has 2 saturated heterocycles. The van der Waals surface area contributed by atoms with Crippen molar-refractivity contribution in [3.05, 3.63) is 0 Å². The molecule has 118 valence electrons. The normalized spacial score (nSPS) is 26.2. The number of rotatable bonds is 8. The van der Waals surface area contributed by atoms with Gasteiger partial charge in [-0.05, 0) is 44.2 Å². The SMILES string of the molecule is CCNCC1(CN(CC)CC2CCCO2)CCOCC1. The summed E-state index contributed by atoms with van der Waals surface area (Å²) in [5, 5.41) is 3.57. The maximum Gasteiger partial charge on any atom is 0.0702 e. The van der Waals surface area contributed by atoms with Gasteiger partial charge in [-0.2, -0.15) is 0 Å². The van der Waals surface area contributed by atoms with E-state index in [0.29, 0.717) is 11.5 Å². The second kappa shape index (κ2) is 8.32. The summed E-state index contributed by atoms with van der Waals surface area (Å²) in [5.74, 6) is 0. The summed E-state index contributed by atoms with van der Waals surface area (Å²) < 4.78 is 11.4. The zero-order valence-electron chi connectivity index (χ0n) is 13.3. The van der Waals surface area contributed by atoms with Crippen LogP contribution in [0.4, 0.5) is 0 Å². The molecule has 1 unspecified atom stereocenters. The molecule has 0 saturated carbocycles. The van der Waals surface area contributed by atoms with Crippen molar-refractivity contribution >= 4 is 0 Å². The van der Waals surface area contributed by atoms with E-state index >= 15 is 0 Å². The molecule has 2 aliphatic heterocycles. The van der Waals surface area contributed by atoms with Crippen LogP contribution in [0.15, 0.2) is 0 Å². The summed E-state index contributed by atoms with van der Waals surface area (Å²) in [6.45, 7) is 12.8. The second-order valence-corrected chi connectivity index (χ2v) is 6.36. The van der Waals surface area contributed by atoms with E-state index in [9.17, 15) is 0 Å². The summed E-state index contributed by atoms with van der Waals surface area (Å²) in [7, 11) is 0. The topological polar surface area (TPSA) is 33.7 Å². The van der Waals surface area contributed by atoms with Crippen LogP contribution in [-0.4, -0.2) is 63.5 Å². The summed E-state index contributed by atoms with van der Waals surface area (Å²) in [6, 6.07) is 0. The fourth-order valence-electron chi connectivity index (χ4n) is 3.44. The molecular formula is C16H32N2O2. The van der Waals surface area contributed by atoms with Crippen LogP contribution in [0.3, 0.4) is 0 Å². The van der Waals surface area contributed by atoms with Crippen LogP contribution in [0, 0.1) is 5.41 Å². The van der Waals surface area contributed by atoms with E-state index < -0.39 is 0 Å². The first-order chi connectivity index (χ1) is 9.78. The molecule has 2 fully saturated rings. The van der Waals surface area contributed by atoms with E-state index in [-0.39, 0.29) is 0 Å². The van der Waals surface area contributed by atoms with E-state index in [4.69, 9.17) is 9.47 Å². The van der Waals surface area contributed by atoms with Crippen molar-refractivity contribution in [3.8, 4) is 0 Å². The molecule has 0 aromatic rings. The van der Waals surface area contributed by atoms with Gasteiger partial charge in [-0.1, -0.05) is 13.8 Å². The number of nitrogens with one attached hydrogen (secondary N) is 1. The first kappa shape index (κ1) is 16.2. The molecule has 0 aromatic carbocycles. The fourth-order valence-corrected chi connectivity index (χ4v) is 3.44. The largest absolute Gasteiger partial charge is 0.381 e. The molecule has 2 rings (SSSR count). The highest BCUT2D eigenvalue weighted by atomic mass is 16.5. The number of hydrogen-bond acceptors (Lipinski definition) is 4. The molecule has 4 nitrogen and oxygen atoms in total. The van der Waals surface area contributed by atoms with Gasteiger partial charge in [-0.25, -0.2) is 0 Å². The molecule has 0 amide bonds. The summed E-state index contributed by atoms with van der Waals surface area (Å²) >= 11 is 0. The van der Waals surface area contributed by atoms with Gasteiger partial charge < -0.3 is 19.7 Å². The van der Waals surface area contributed by atoms with Gasteiger partial charge in [0.1, 0.15) is 0 Å². The summed E-state index contributed by atoms with van der Waals surface area (Å²) in [6.07, 6.45) is 5.30. The van der Waals surface area contributed by atoms with Gasteiger partial charge in [0.2, 0.25) is 0 Å². The molecule has 2 aliphatic rings. The molecule has 0 aromatic heterocycles. The lowest BCUT2D eigenvalue weighted by Crippen LogP contribution is -2.48. The maximum absolute atomic E-state index is 5.81. The molecular weight excluding hydrogens is 252 g/mol. The predicted octanol–water partition coefficient (Wildman–Crippen LogP) is 1.89. The van der Waals surface area contributed by atoms with E-state index in [1.807, 2.05) is 0 Å². The minimum atomic E-state index is 0.392. The summed E-state index contributed by atoms with van der Waals surface area (Å²) in [5.41, 5.74) is 0.392. The third kappa shape index (κ3) is 4.69. The molecule has 0 spiro atoms. The Labute approximate surface area is 124 Å². The zero-order chi connectivity index (χ0) is 14.3. The van der Waals surface area contributed by atoms with E-state index in [2.05, 4.69) is 24.1 Å². The van der Waals surface area contributed by atoms with Crippen molar-refractivity contribution < 1.29 is 9.47 Å². The second-order valence-electron chi connectivity index (χ2n) is 6.36. The van der Waals surface area contributed by atoms with Crippen molar-refractivity contribution in [2.24, 2.45) is 5.41 Å².